The van der Waals surface area contributed by atoms with E-state index in [1.807, 2.05) is 36.0 Å². The van der Waals surface area contributed by atoms with Gasteiger partial charge in [0.1, 0.15) is 5.52 Å². The highest BCUT2D eigenvalue weighted by Crippen LogP contribution is 2.22. The maximum Gasteiger partial charge on any atom is 0.205 e. The average molecular weight is 236 g/mol. The number of oxazole rings is 1. The van der Waals surface area contributed by atoms with E-state index < -0.39 is 0 Å². The van der Waals surface area contributed by atoms with E-state index in [2.05, 4.69) is 11.9 Å². The lowest BCUT2D eigenvalue weighted by Gasteiger charge is -2.06. The number of hydrogen-bond acceptors (Lipinski definition) is 4. The van der Waals surface area contributed by atoms with E-state index in [-0.39, 0.29) is 0 Å². The number of nitrogens with two attached hydrogens (primary N) is 1. The molecule has 0 bridgehead atoms. The SMILES string of the molecule is CC(CCN)SCc1nc2ccccc2o1. The molecule has 1 heterocycles. The third-order valence-electron chi connectivity index (χ3n) is 2.40. The molecule has 3 nitrogen and oxygen atoms in total. The van der Waals surface area contributed by atoms with E-state index in [9.17, 15) is 0 Å². The maximum absolute atomic E-state index is 5.63. The molecule has 0 aliphatic carbocycles. The zero-order valence-electron chi connectivity index (χ0n) is 9.35. The second-order valence-electron chi connectivity index (χ2n) is 3.77. The molecule has 0 aliphatic heterocycles. The lowest BCUT2D eigenvalue weighted by molar-refractivity contribution is 0.555. The summed E-state index contributed by atoms with van der Waals surface area (Å²) < 4.78 is 5.63. The van der Waals surface area contributed by atoms with Crippen molar-refractivity contribution in [3.63, 3.8) is 0 Å². The largest absolute Gasteiger partial charge is 0.440 e. The number of rotatable bonds is 5. The number of aromatic nitrogens is 1. The van der Waals surface area contributed by atoms with E-state index >= 15 is 0 Å². The Morgan fingerprint density at radius 1 is 1.44 bits per heavy atom. The minimum atomic E-state index is 0.556. The quantitative estimate of drug-likeness (QED) is 0.867. The van der Waals surface area contributed by atoms with Crippen LogP contribution in [0.2, 0.25) is 0 Å². The van der Waals surface area contributed by atoms with Gasteiger partial charge in [-0.05, 0) is 25.1 Å². The summed E-state index contributed by atoms with van der Waals surface area (Å²) in [7, 11) is 0. The summed E-state index contributed by atoms with van der Waals surface area (Å²) in [5.74, 6) is 1.62. The molecule has 1 aromatic carbocycles. The van der Waals surface area contributed by atoms with Crippen LogP contribution in [0.3, 0.4) is 0 Å². The van der Waals surface area contributed by atoms with Crippen LogP contribution in [0.25, 0.3) is 11.1 Å². The highest BCUT2D eigenvalue weighted by molar-refractivity contribution is 7.99. The Kier molecular flexibility index (Phi) is 3.85. The van der Waals surface area contributed by atoms with Gasteiger partial charge >= 0.3 is 0 Å². The number of fused-ring (bicyclic) bond motifs is 1. The van der Waals surface area contributed by atoms with Crippen LogP contribution in [0.15, 0.2) is 28.7 Å². The third-order valence-corrected chi connectivity index (χ3v) is 3.62. The Balaban J connectivity index is 1.99. The van der Waals surface area contributed by atoms with Crippen molar-refractivity contribution in [2.24, 2.45) is 5.73 Å². The molecule has 2 rings (SSSR count). The number of para-hydroxylation sites is 2. The number of benzene rings is 1. The fraction of sp³-hybridized carbons (Fsp3) is 0.417. The van der Waals surface area contributed by atoms with Crippen LogP contribution in [0.5, 0.6) is 0 Å². The predicted molar refractivity (Wildman–Crippen MR) is 68.4 cm³/mol. The van der Waals surface area contributed by atoms with Crippen molar-refractivity contribution in [1.29, 1.82) is 0 Å². The van der Waals surface area contributed by atoms with E-state index in [0.29, 0.717) is 5.25 Å². The van der Waals surface area contributed by atoms with Gasteiger partial charge < -0.3 is 10.2 Å². The molecule has 16 heavy (non-hydrogen) atoms. The fourth-order valence-corrected chi connectivity index (χ4v) is 2.37. The monoisotopic (exact) mass is 236 g/mol. The van der Waals surface area contributed by atoms with Crippen molar-refractivity contribution in [1.82, 2.24) is 4.98 Å². The fourth-order valence-electron chi connectivity index (χ4n) is 1.51. The van der Waals surface area contributed by atoms with Crippen LogP contribution < -0.4 is 5.73 Å². The molecular formula is C12H16N2OS. The van der Waals surface area contributed by atoms with Crippen LogP contribution >= 0.6 is 11.8 Å². The van der Waals surface area contributed by atoms with Gasteiger partial charge in [-0.3, -0.25) is 0 Å². The summed E-state index contributed by atoms with van der Waals surface area (Å²) in [6.45, 7) is 2.92. The first-order valence-corrected chi connectivity index (χ1v) is 6.50. The summed E-state index contributed by atoms with van der Waals surface area (Å²) in [4.78, 5) is 4.43. The van der Waals surface area contributed by atoms with Crippen molar-refractivity contribution < 1.29 is 4.42 Å². The number of thioether (sulfide) groups is 1. The highest BCUT2D eigenvalue weighted by atomic mass is 32.2. The summed E-state index contributed by atoms with van der Waals surface area (Å²) in [5, 5.41) is 0.556. The average Bonchev–Trinajstić information content (AvgIpc) is 2.69. The van der Waals surface area contributed by atoms with Crippen LogP contribution in [-0.2, 0) is 5.75 Å². The predicted octanol–water partition coefficient (Wildman–Crippen LogP) is 2.80. The molecule has 4 heteroatoms. The van der Waals surface area contributed by atoms with Gasteiger partial charge in [-0.15, -0.1) is 11.8 Å². The molecular weight excluding hydrogens is 220 g/mol. The van der Waals surface area contributed by atoms with Gasteiger partial charge in [-0.25, -0.2) is 4.98 Å². The Morgan fingerprint density at radius 3 is 3.00 bits per heavy atom. The van der Waals surface area contributed by atoms with Gasteiger partial charge in [-0.1, -0.05) is 19.1 Å². The molecule has 0 aliphatic rings. The molecule has 1 atom stereocenters. The van der Waals surface area contributed by atoms with Crippen molar-refractivity contribution in [3.8, 4) is 0 Å². The first kappa shape index (κ1) is 11.5. The summed E-state index contributed by atoms with van der Waals surface area (Å²) in [6.07, 6.45) is 1.03. The molecule has 1 aromatic heterocycles. The zero-order chi connectivity index (χ0) is 11.4. The Bertz CT molecular complexity index is 422. The summed E-state index contributed by atoms with van der Waals surface area (Å²) in [6, 6.07) is 7.84. The van der Waals surface area contributed by atoms with E-state index in [1.54, 1.807) is 0 Å². The topological polar surface area (TPSA) is 52.0 Å². The standard InChI is InChI=1S/C12H16N2OS/c1-9(6-7-13)16-8-12-14-10-4-2-3-5-11(10)15-12/h2-5,9H,6-8,13H2,1H3. The van der Waals surface area contributed by atoms with Crippen molar-refractivity contribution in [2.45, 2.75) is 24.3 Å². The lowest BCUT2D eigenvalue weighted by atomic mass is 10.3. The lowest BCUT2D eigenvalue weighted by Crippen LogP contribution is -2.07. The van der Waals surface area contributed by atoms with Gasteiger partial charge in [0.2, 0.25) is 5.89 Å². The molecule has 86 valence electrons. The molecule has 0 saturated carbocycles. The molecule has 0 saturated heterocycles. The molecule has 2 N–H and O–H groups in total. The van der Waals surface area contributed by atoms with Crippen LogP contribution in [0.1, 0.15) is 19.2 Å². The van der Waals surface area contributed by atoms with Crippen molar-refractivity contribution in [3.05, 3.63) is 30.2 Å². The number of hydrogen-bond donors (Lipinski definition) is 1. The third kappa shape index (κ3) is 2.77. The first-order valence-electron chi connectivity index (χ1n) is 5.45. The van der Waals surface area contributed by atoms with Gasteiger partial charge in [0.25, 0.3) is 0 Å². The second kappa shape index (κ2) is 5.37. The summed E-state index contributed by atoms with van der Waals surface area (Å²) in [5.41, 5.74) is 7.31. The molecule has 0 fully saturated rings. The Morgan fingerprint density at radius 2 is 2.25 bits per heavy atom. The summed E-state index contributed by atoms with van der Waals surface area (Å²) >= 11 is 1.83. The first-order chi connectivity index (χ1) is 7.79. The van der Waals surface area contributed by atoms with Gasteiger partial charge in [0.05, 0.1) is 5.75 Å². The van der Waals surface area contributed by atoms with Crippen LogP contribution in [-0.4, -0.2) is 16.8 Å². The molecule has 1 unspecified atom stereocenters. The van der Waals surface area contributed by atoms with Crippen LogP contribution in [0.4, 0.5) is 0 Å². The van der Waals surface area contributed by atoms with Gasteiger partial charge in [-0.2, -0.15) is 0 Å². The van der Waals surface area contributed by atoms with Gasteiger partial charge in [0.15, 0.2) is 5.58 Å². The van der Waals surface area contributed by atoms with Gasteiger partial charge in [0, 0.05) is 5.25 Å². The molecule has 0 amide bonds. The van der Waals surface area contributed by atoms with Crippen molar-refractivity contribution >= 4 is 22.9 Å². The highest BCUT2D eigenvalue weighted by Gasteiger charge is 2.07. The second-order valence-corrected chi connectivity index (χ2v) is 5.20. The smallest absolute Gasteiger partial charge is 0.205 e. The number of nitrogens with zero attached hydrogens (tertiary/aromatic N) is 1. The maximum atomic E-state index is 5.63. The normalized spacial score (nSPS) is 13.1. The van der Waals surface area contributed by atoms with E-state index in [4.69, 9.17) is 10.2 Å². The van der Waals surface area contributed by atoms with E-state index in [1.165, 1.54) is 0 Å². The van der Waals surface area contributed by atoms with Crippen LogP contribution in [0, 0.1) is 0 Å². The molecule has 0 radical (unpaired) electrons. The van der Waals surface area contributed by atoms with E-state index in [0.717, 1.165) is 35.7 Å². The van der Waals surface area contributed by atoms with Crippen molar-refractivity contribution in [2.75, 3.05) is 6.54 Å². The minimum Gasteiger partial charge on any atom is -0.440 e. The molecule has 2 aromatic rings. The zero-order valence-corrected chi connectivity index (χ0v) is 10.2. The molecule has 0 spiro atoms. The minimum absolute atomic E-state index is 0.556. The Hall–Kier alpha value is -1.00. The Labute approximate surface area is 99.4 Å².